The van der Waals surface area contributed by atoms with Crippen LogP contribution in [0.5, 0.6) is 5.75 Å². The molecule has 0 aromatic heterocycles. The molecule has 0 saturated carbocycles. The molecule has 0 atom stereocenters. The maximum absolute atomic E-state index is 13.4. The molecule has 0 aliphatic rings. The van der Waals surface area contributed by atoms with Crippen LogP contribution >= 0.6 is 0 Å². The van der Waals surface area contributed by atoms with Gasteiger partial charge in [0, 0.05) is 5.69 Å². The number of hydrogen-bond acceptors (Lipinski definition) is 4. The minimum Gasteiger partial charge on any atom is -0.496 e. The van der Waals surface area contributed by atoms with Gasteiger partial charge in [0.2, 0.25) is 0 Å². The summed E-state index contributed by atoms with van der Waals surface area (Å²) in [5.41, 5.74) is 0.897. The van der Waals surface area contributed by atoms with Gasteiger partial charge in [-0.25, -0.2) is 12.8 Å². The highest BCUT2D eigenvalue weighted by Gasteiger charge is 2.21. The molecule has 0 radical (unpaired) electrons. The normalized spacial score (nSPS) is 11.5. The number of ether oxygens (including phenoxy) is 1. The van der Waals surface area contributed by atoms with Crippen LogP contribution in [0.2, 0.25) is 0 Å². The van der Waals surface area contributed by atoms with Crippen molar-refractivity contribution in [2.24, 2.45) is 5.92 Å². The first-order chi connectivity index (χ1) is 12.1. The molecule has 2 aromatic rings. The van der Waals surface area contributed by atoms with E-state index in [1.807, 2.05) is 13.8 Å². The lowest BCUT2D eigenvalue weighted by molar-refractivity contribution is 0.102. The van der Waals surface area contributed by atoms with E-state index < -0.39 is 15.7 Å². The number of benzene rings is 2. The van der Waals surface area contributed by atoms with Crippen LogP contribution in [-0.4, -0.2) is 27.2 Å². The Morgan fingerprint density at radius 1 is 1.19 bits per heavy atom. The summed E-state index contributed by atoms with van der Waals surface area (Å²) in [5.74, 6) is -0.708. The molecule has 0 bridgehead atoms. The summed E-state index contributed by atoms with van der Waals surface area (Å²) < 4.78 is 43.4. The number of anilines is 1. The van der Waals surface area contributed by atoms with E-state index in [-0.39, 0.29) is 33.7 Å². The van der Waals surface area contributed by atoms with Gasteiger partial charge in [-0.2, -0.15) is 0 Å². The van der Waals surface area contributed by atoms with Crippen molar-refractivity contribution in [1.82, 2.24) is 0 Å². The predicted molar refractivity (Wildman–Crippen MR) is 99.0 cm³/mol. The van der Waals surface area contributed by atoms with Gasteiger partial charge in [-0.15, -0.1) is 0 Å². The second-order valence-electron chi connectivity index (χ2n) is 6.46. The van der Waals surface area contributed by atoms with Gasteiger partial charge >= 0.3 is 0 Å². The Bertz CT molecular complexity index is 923. The van der Waals surface area contributed by atoms with Gasteiger partial charge in [-0.1, -0.05) is 13.8 Å². The number of methoxy groups -OCH3 is 1. The zero-order chi connectivity index (χ0) is 19.5. The van der Waals surface area contributed by atoms with Gasteiger partial charge < -0.3 is 10.1 Å². The average molecular weight is 379 g/mol. The van der Waals surface area contributed by atoms with E-state index in [2.05, 4.69) is 5.32 Å². The summed E-state index contributed by atoms with van der Waals surface area (Å²) in [5, 5.41) is 2.64. The fourth-order valence-corrected chi connectivity index (χ4v) is 4.16. The number of hydrogen-bond donors (Lipinski definition) is 1. The van der Waals surface area contributed by atoms with Gasteiger partial charge in [0.15, 0.2) is 9.84 Å². The molecule has 0 aliphatic heterocycles. The summed E-state index contributed by atoms with van der Waals surface area (Å²) >= 11 is 0. The topological polar surface area (TPSA) is 72.5 Å². The molecule has 5 nitrogen and oxygen atoms in total. The largest absolute Gasteiger partial charge is 0.496 e. The Balaban J connectivity index is 2.38. The van der Waals surface area contributed by atoms with E-state index in [9.17, 15) is 17.6 Å². The lowest BCUT2D eigenvalue weighted by Gasteiger charge is -2.13. The molecule has 1 amide bonds. The first kappa shape index (κ1) is 19.9. The fourth-order valence-electron chi connectivity index (χ4n) is 2.51. The average Bonchev–Trinajstić information content (AvgIpc) is 2.56. The summed E-state index contributed by atoms with van der Waals surface area (Å²) in [6.45, 7) is 5.21. The highest BCUT2D eigenvalue weighted by Crippen LogP contribution is 2.25. The van der Waals surface area contributed by atoms with E-state index in [1.54, 1.807) is 6.92 Å². The van der Waals surface area contributed by atoms with Crippen molar-refractivity contribution < 1.29 is 22.3 Å². The van der Waals surface area contributed by atoms with Gasteiger partial charge in [0.25, 0.3) is 5.91 Å². The van der Waals surface area contributed by atoms with Crippen LogP contribution in [0.1, 0.15) is 29.8 Å². The third-order valence-corrected chi connectivity index (χ3v) is 5.82. The van der Waals surface area contributed by atoms with Crippen LogP contribution in [-0.2, 0) is 9.84 Å². The molecular weight excluding hydrogens is 357 g/mol. The molecule has 1 N–H and O–H groups in total. The number of halogens is 1. The Morgan fingerprint density at radius 3 is 2.46 bits per heavy atom. The fraction of sp³-hybridized carbons (Fsp3) is 0.316. The number of sulfone groups is 1. The Labute approximate surface area is 153 Å². The van der Waals surface area contributed by atoms with Crippen LogP contribution in [0.4, 0.5) is 10.1 Å². The second kappa shape index (κ2) is 7.86. The smallest absolute Gasteiger partial charge is 0.259 e. The van der Waals surface area contributed by atoms with Crippen molar-refractivity contribution >= 4 is 21.4 Å². The number of carbonyl (C=O) groups excluding carboxylic acids is 1. The molecule has 7 heteroatoms. The quantitative estimate of drug-likeness (QED) is 0.828. The zero-order valence-corrected chi connectivity index (χ0v) is 16.0. The summed E-state index contributed by atoms with van der Waals surface area (Å²) in [7, 11) is -2.11. The molecular formula is C19H22FNO4S. The van der Waals surface area contributed by atoms with E-state index in [4.69, 9.17) is 4.74 Å². The number of amides is 1. The third kappa shape index (κ3) is 4.60. The minimum absolute atomic E-state index is 0.0163. The van der Waals surface area contributed by atoms with Gasteiger partial charge in [-0.3, -0.25) is 4.79 Å². The maximum atomic E-state index is 13.4. The highest BCUT2D eigenvalue weighted by molar-refractivity contribution is 7.91. The molecule has 0 heterocycles. The Morgan fingerprint density at radius 2 is 1.88 bits per heavy atom. The van der Waals surface area contributed by atoms with Gasteiger partial charge in [-0.05, 0) is 54.8 Å². The van der Waals surface area contributed by atoms with Crippen molar-refractivity contribution in [2.75, 3.05) is 18.2 Å². The molecule has 0 spiro atoms. The predicted octanol–water partition coefficient (Wildman–Crippen LogP) is 3.82. The van der Waals surface area contributed by atoms with Crippen molar-refractivity contribution in [3.63, 3.8) is 0 Å². The van der Waals surface area contributed by atoms with E-state index in [0.29, 0.717) is 11.3 Å². The summed E-state index contributed by atoms with van der Waals surface area (Å²) in [6.07, 6.45) is 0. The van der Waals surface area contributed by atoms with Crippen LogP contribution in [0.15, 0.2) is 41.3 Å². The molecule has 140 valence electrons. The monoisotopic (exact) mass is 379 g/mol. The molecule has 2 rings (SSSR count). The minimum atomic E-state index is -3.51. The SMILES string of the molecule is COc1ccc(S(=O)(=O)CC(C)C)cc1C(=O)Nc1ccc(F)c(C)c1. The molecule has 0 saturated heterocycles. The Hall–Kier alpha value is -2.41. The molecule has 0 aliphatic carbocycles. The van der Waals surface area contributed by atoms with E-state index >= 15 is 0 Å². The van der Waals surface area contributed by atoms with Crippen LogP contribution in [0.3, 0.4) is 0 Å². The van der Waals surface area contributed by atoms with Crippen LogP contribution in [0.25, 0.3) is 0 Å². The van der Waals surface area contributed by atoms with Crippen molar-refractivity contribution in [2.45, 2.75) is 25.7 Å². The van der Waals surface area contributed by atoms with Crippen molar-refractivity contribution in [3.8, 4) is 5.75 Å². The third-order valence-electron chi connectivity index (χ3n) is 3.74. The number of aryl methyl sites for hydroxylation is 1. The van der Waals surface area contributed by atoms with Gasteiger partial charge in [0.05, 0.1) is 23.3 Å². The number of rotatable bonds is 6. The van der Waals surface area contributed by atoms with Crippen molar-refractivity contribution in [1.29, 1.82) is 0 Å². The lowest BCUT2D eigenvalue weighted by Crippen LogP contribution is -2.16. The maximum Gasteiger partial charge on any atom is 0.259 e. The summed E-state index contributed by atoms with van der Waals surface area (Å²) in [4.78, 5) is 12.7. The second-order valence-corrected chi connectivity index (χ2v) is 8.49. The first-order valence-electron chi connectivity index (χ1n) is 8.12. The number of nitrogens with one attached hydrogen (secondary N) is 1. The number of carbonyl (C=O) groups is 1. The first-order valence-corrected chi connectivity index (χ1v) is 9.77. The Kier molecular flexibility index (Phi) is 6.02. The lowest BCUT2D eigenvalue weighted by atomic mass is 10.1. The molecule has 2 aromatic carbocycles. The standard InChI is InChI=1S/C19H22FNO4S/c1-12(2)11-26(23,24)15-6-8-18(25-4)16(10-15)19(22)21-14-5-7-17(20)13(3)9-14/h5-10,12H,11H2,1-4H3,(H,21,22). The summed E-state index contributed by atoms with van der Waals surface area (Å²) in [6, 6.07) is 8.38. The molecule has 26 heavy (non-hydrogen) atoms. The van der Waals surface area contributed by atoms with Crippen LogP contribution in [0, 0.1) is 18.7 Å². The molecule has 0 fully saturated rings. The highest BCUT2D eigenvalue weighted by atomic mass is 32.2. The van der Waals surface area contributed by atoms with Gasteiger partial charge in [0.1, 0.15) is 11.6 Å². The zero-order valence-electron chi connectivity index (χ0n) is 15.2. The van der Waals surface area contributed by atoms with Crippen molar-refractivity contribution in [3.05, 3.63) is 53.3 Å². The van der Waals surface area contributed by atoms with Crippen LogP contribution < -0.4 is 10.1 Å². The van der Waals surface area contributed by atoms with E-state index in [1.165, 1.54) is 43.5 Å². The molecule has 0 unspecified atom stereocenters. The van der Waals surface area contributed by atoms with E-state index in [0.717, 1.165) is 0 Å².